The molecule has 0 aromatic heterocycles. The molecule has 3 saturated heterocycles. The second-order valence-electron chi connectivity index (χ2n) is 15.8. The van der Waals surface area contributed by atoms with Crippen molar-refractivity contribution in [1.82, 2.24) is 26.2 Å². The summed E-state index contributed by atoms with van der Waals surface area (Å²) in [5, 5.41) is 11.1. The number of carbonyl (C=O) groups excluding carboxylic acids is 5. The van der Waals surface area contributed by atoms with Crippen molar-refractivity contribution in [2.45, 2.75) is 171 Å². The van der Waals surface area contributed by atoms with Crippen LogP contribution in [0.3, 0.4) is 0 Å². The fourth-order valence-electron chi connectivity index (χ4n) is 8.66. The van der Waals surface area contributed by atoms with Gasteiger partial charge < -0.3 is 26.2 Å². The van der Waals surface area contributed by atoms with Gasteiger partial charge in [-0.25, -0.2) is 13.2 Å². The standard InChI is InChI=1S/C36H59N5O7S/c1-24(2)26-18-22-41-30(26)32(43)38-27(31(42)33(44)37-25-16-17-25)14-10-7-5-3-4-6-8-11-15-28(34(41)45)39-35(46)40-36(20-12-9-13-21-36)29-19-23-49(29,47)48/h24-30H,3-23H2,1-2H3,(H,37,44)(H,38,43)(H2,39,40,46)/t26?,27-,28-,29+,30-/m0/s1. The number of hydrogen-bond donors (Lipinski definition) is 4. The Morgan fingerprint density at radius 3 is 1.98 bits per heavy atom. The minimum absolute atomic E-state index is 0.0169. The zero-order chi connectivity index (χ0) is 35.2. The number of hydrogen-bond acceptors (Lipinski definition) is 7. The van der Waals surface area contributed by atoms with E-state index in [1.807, 2.05) is 13.8 Å². The molecule has 2 saturated carbocycles. The van der Waals surface area contributed by atoms with Crippen molar-refractivity contribution >= 4 is 39.4 Å². The molecule has 5 fully saturated rings. The molecule has 3 heterocycles. The molecule has 5 amide bonds. The number of nitrogens with one attached hydrogen (secondary N) is 4. The van der Waals surface area contributed by atoms with Gasteiger partial charge in [0.2, 0.25) is 17.6 Å². The number of nitrogens with zero attached hydrogens (tertiary/aromatic N) is 1. The zero-order valence-electron chi connectivity index (χ0n) is 29.6. The molecule has 3 aliphatic heterocycles. The van der Waals surface area contributed by atoms with Gasteiger partial charge in [-0.15, -0.1) is 0 Å². The number of Topliss-reactive ketones (excluding diaryl/α,β-unsaturated/α-hetero) is 1. The summed E-state index contributed by atoms with van der Waals surface area (Å²) in [7, 11) is -3.27. The molecule has 49 heavy (non-hydrogen) atoms. The molecular formula is C36H59N5O7S. The van der Waals surface area contributed by atoms with Crippen molar-refractivity contribution in [2.75, 3.05) is 12.3 Å². The maximum atomic E-state index is 14.4. The van der Waals surface area contributed by atoms with Crippen LogP contribution in [-0.2, 0) is 29.0 Å². The molecule has 5 aliphatic rings. The first-order valence-electron chi connectivity index (χ1n) is 19.2. The Kier molecular flexibility index (Phi) is 12.7. The van der Waals surface area contributed by atoms with Crippen LogP contribution in [0.1, 0.15) is 136 Å². The van der Waals surface area contributed by atoms with Crippen LogP contribution in [0.25, 0.3) is 0 Å². The Labute approximate surface area is 292 Å². The highest BCUT2D eigenvalue weighted by atomic mass is 32.2. The SMILES string of the molecule is CC(C)C1CCN2C(=O)[C@@H](NC(=O)NC3([C@H]4CCS4(=O)=O)CCCCC3)CCCCCCCCCC[C@@H](C(=O)C(=O)NC3CC3)NC(=O)[C@H]12. The lowest BCUT2D eigenvalue weighted by atomic mass is 9.78. The topological polar surface area (TPSA) is 171 Å². The summed E-state index contributed by atoms with van der Waals surface area (Å²) in [6.45, 7) is 4.37. The van der Waals surface area contributed by atoms with E-state index in [0.29, 0.717) is 51.5 Å². The van der Waals surface area contributed by atoms with Gasteiger partial charge in [0.25, 0.3) is 5.91 Å². The van der Waals surface area contributed by atoms with E-state index in [0.717, 1.165) is 77.0 Å². The van der Waals surface area contributed by atoms with Crippen LogP contribution in [0.5, 0.6) is 0 Å². The highest BCUT2D eigenvalue weighted by Gasteiger charge is 2.53. The van der Waals surface area contributed by atoms with Crippen LogP contribution in [0.2, 0.25) is 0 Å². The Bertz CT molecular complexity index is 1330. The number of fused-ring (bicyclic) bond motifs is 1. The van der Waals surface area contributed by atoms with Gasteiger partial charge in [0, 0.05) is 12.6 Å². The molecule has 0 aromatic carbocycles. The molecule has 12 nitrogen and oxygen atoms in total. The van der Waals surface area contributed by atoms with Crippen molar-refractivity contribution in [2.24, 2.45) is 11.8 Å². The molecule has 276 valence electrons. The molecule has 4 N–H and O–H groups in total. The van der Waals surface area contributed by atoms with Crippen molar-refractivity contribution in [3.05, 3.63) is 0 Å². The number of amides is 5. The predicted molar refractivity (Wildman–Crippen MR) is 186 cm³/mol. The fraction of sp³-hybridized carbons (Fsp3) is 0.861. The highest BCUT2D eigenvalue weighted by molar-refractivity contribution is 7.93. The van der Waals surface area contributed by atoms with Gasteiger partial charge in [0.1, 0.15) is 12.1 Å². The van der Waals surface area contributed by atoms with Gasteiger partial charge in [-0.05, 0) is 63.2 Å². The Morgan fingerprint density at radius 1 is 0.796 bits per heavy atom. The van der Waals surface area contributed by atoms with Crippen LogP contribution in [0.4, 0.5) is 4.79 Å². The van der Waals surface area contributed by atoms with Crippen LogP contribution < -0.4 is 21.3 Å². The third kappa shape index (κ3) is 9.35. The average molecular weight is 706 g/mol. The normalized spacial score (nSPS) is 31.4. The minimum Gasteiger partial charge on any atom is -0.347 e. The maximum Gasteiger partial charge on any atom is 0.315 e. The van der Waals surface area contributed by atoms with E-state index in [4.69, 9.17) is 0 Å². The van der Waals surface area contributed by atoms with Gasteiger partial charge >= 0.3 is 6.03 Å². The van der Waals surface area contributed by atoms with Crippen molar-refractivity contribution in [3.8, 4) is 0 Å². The van der Waals surface area contributed by atoms with Crippen LogP contribution in [0, 0.1) is 11.8 Å². The third-order valence-corrected chi connectivity index (χ3v) is 14.1. The summed E-state index contributed by atoms with van der Waals surface area (Å²) >= 11 is 0. The lowest BCUT2D eigenvalue weighted by Crippen LogP contribution is -2.66. The number of urea groups is 1. The van der Waals surface area contributed by atoms with E-state index in [-0.39, 0.29) is 29.5 Å². The van der Waals surface area contributed by atoms with Crippen molar-refractivity contribution < 1.29 is 32.4 Å². The van der Waals surface area contributed by atoms with Gasteiger partial charge in [-0.2, -0.15) is 0 Å². The molecule has 0 spiro atoms. The molecule has 5 rings (SSSR count). The molecule has 0 bridgehead atoms. The van der Waals surface area contributed by atoms with E-state index < -0.39 is 62.4 Å². The van der Waals surface area contributed by atoms with E-state index in [1.165, 1.54) is 0 Å². The molecular weight excluding hydrogens is 646 g/mol. The first-order valence-corrected chi connectivity index (χ1v) is 20.9. The molecule has 1 unspecified atom stereocenters. The summed E-state index contributed by atoms with van der Waals surface area (Å²) in [6, 6.07) is -3.23. The fourth-order valence-corrected chi connectivity index (χ4v) is 10.5. The van der Waals surface area contributed by atoms with Gasteiger partial charge in [-0.3, -0.25) is 19.2 Å². The second-order valence-corrected chi connectivity index (χ2v) is 18.1. The first kappa shape index (κ1) is 37.6. The Balaban J connectivity index is 1.36. The first-order chi connectivity index (χ1) is 23.4. The largest absolute Gasteiger partial charge is 0.347 e. The predicted octanol–water partition coefficient (Wildman–Crippen LogP) is 3.66. The molecule has 2 aliphatic carbocycles. The van der Waals surface area contributed by atoms with Gasteiger partial charge in [-0.1, -0.05) is 84.5 Å². The van der Waals surface area contributed by atoms with Crippen LogP contribution >= 0.6 is 0 Å². The lowest BCUT2D eigenvalue weighted by Gasteiger charge is -2.47. The minimum atomic E-state index is -3.27. The molecule has 5 atom stereocenters. The number of ketones is 1. The number of rotatable bonds is 7. The maximum absolute atomic E-state index is 14.4. The smallest absolute Gasteiger partial charge is 0.315 e. The number of carbonyl (C=O) groups is 5. The summed E-state index contributed by atoms with van der Waals surface area (Å²) < 4.78 is 25.5. The monoisotopic (exact) mass is 705 g/mol. The van der Waals surface area contributed by atoms with Gasteiger partial charge in [0.05, 0.1) is 22.6 Å². The summed E-state index contributed by atoms with van der Waals surface area (Å²) in [5.41, 5.74) is -0.842. The van der Waals surface area contributed by atoms with Crippen molar-refractivity contribution in [3.63, 3.8) is 0 Å². The average Bonchev–Trinajstić information content (AvgIpc) is 3.75. The quantitative estimate of drug-likeness (QED) is 0.293. The third-order valence-electron chi connectivity index (χ3n) is 11.8. The summed E-state index contributed by atoms with van der Waals surface area (Å²) in [4.78, 5) is 70.0. The lowest BCUT2D eigenvalue weighted by molar-refractivity contribution is -0.143. The van der Waals surface area contributed by atoms with Crippen LogP contribution in [-0.4, -0.2) is 90.1 Å². The van der Waals surface area contributed by atoms with Crippen molar-refractivity contribution in [1.29, 1.82) is 0 Å². The molecule has 13 heteroatoms. The summed E-state index contributed by atoms with van der Waals surface area (Å²) in [5.74, 6) is -2.05. The second kappa shape index (κ2) is 16.5. The van der Waals surface area contributed by atoms with Crippen LogP contribution in [0.15, 0.2) is 0 Å². The van der Waals surface area contributed by atoms with E-state index in [2.05, 4.69) is 21.3 Å². The summed E-state index contributed by atoms with van der Waals surface area (Å²) in [6.07, 6.45) is 14.7. The Morgan fingerprint density at radius 2 is 1.41 bits per heavy atom. The van der Waals surface area contributed by atoms with E-state index in [9.17, 15) is 32.4 Å². The Hall–Kier alpha value is -2.70. The molecule has 0 aromatic rings. The zero-order valence-corrected chi connectivity index (χ0v) is 30.4. The van der Waals surface area contributed by atoms with E-state index in [1.54, 1.807) is 4.90 Å². The van der Waals surface area contributed by atoms with E-state index >= 15 is 0 Å². The van der Waals surface area contributed by atoms with Gasteiger partial charge in [0.15, 0.2) is 9.84 Å². The highest BCUT2D eigenvalue weighted by Crippen LogP contribution is 2.40. The molecule has 0 radical (unpaired) electrons. The number of sulfone groups is 1.